The molecule has 0 N–H and O–H groups in total. The third kappa shape index (κ3) is 4.19. The van der Waals surface area contributed by atoms with Crippen molar-refractivity contribution in [2.75, 3.05) is 7.11 Å². The molecule has 2 aromatic carbocycles. The summed E-state index contributed by atoms with van der Waals surface area (Å²) in [5.74, 6) is 1.03. The molecule has 0 spiro atoms. The van der Waals surface area contributed by atoms with E-state index in [0.717, 1.165) is 18.6 Å². The molecule has 0 fully saturated rings. The summed E-state index contributed by atoms with van der Waals surface area (Å²) in [4.78, 5) is 0. The molecular weight excluding hydrogens is 340 g/mol. The summed E-state index contributed by atoms with van der Waals surface area (Å²) in [5, 5.41) is 0. The van der Waals surface area contributed by atoms with Crippen molar-refractivity contribution in [2.24, 2.45) is 5.41 Å². The Bertz CT molecular complexity index is 910. The van der Waals surface area contributed by atoms with E-state index < -0.39 is 0 Å². The monoisotopic (exact) mass is 376 g/mol. The molecule has 28 heavy (non-hydrogen) atoms. The molecule has 1 aliphatic rings. The van der Waals surface area contributed by atoms with Gasteiger partial charge in [-0.1, -0.05) is 88.6 Å². The number of allylic oxidation sites excluding steroid dienone is 1. The van der Waals surface area contributed by atoms with Gasteiger partial charge in [-0.3, -0.25) is 0 Å². The SMILES string of the molecule is COc1c(C(C)(C)C)cc2c(c1-c1cc(C)cc(C)c1)C=C(CC(C)(C)C)C2. The van der Waals surface area contributed by atoms with Gasteiger partial charge in [0.2, 0.25) is 0 Å². The van der Waals surface area contributed by atoms with Crippen molar-refractivity contribution in [2.45, 2.75) is 73.6 Å². The van der Waals surface area contributed by atoms with Gasteiger partial charge < -0.3 is 4.74 Å². The highest BCUT2D eigenvalue weighted by molar-refractivity contribution is 5.87. The average molecular weight is 377 g/mol. The molecule has 1 nitrogen and oxygen atoms in total. The number of rotatable bonds is 3. The van der Waals surface area contributed by atoms with Crippen molar-refractivity contribution in [3.8, 4) is 16.9 Å². The lowest BCUT2D eigenvalue weighted by molar-refractivity contribution is 0.399. The maximum atomic E-state index is 6.07. The van der Waals surface area contributed by atoms with Crippen molar-refractivity contribution in [3.05, 3.63) is 57.7 Å². The van der Waals surface area contributed by atoms with E-state index in [9.17, 15) is 0 Å². The number of aryl methyl sites for hydroxylation is 2. The quantitative estimate of drug-likeness (QED) is 0.534. The fourth-order valence-corrected chi connectivity index (χ4v) is 4.52. The van der Waals surface area contributed by atoms with Crippen LogP contribution in [0, 0.1) is 19.3 Å². The standard InChI is InChI=1S/C27H36O/c1-17-10-18(2)12-21(11-17)24-22-14-19(16-26(3,4)5)13-20(22)15-23(25(24)28-9)27(6,7)8/h10-12,14-15H,13,16H2,1-9H3. The zero-order valence-corrected chi connectivity index (χ0v) is 19.2. The van der Waals surface area contributed by atoms with Gasteiger partial charge in [-0.2, -0.15) is 0 Å². The summed E-state index contributed by atoms with van der Waals surface area (Å²) in [7, 11) is 1.82. The summed E-state index contributed by atoms with van der Waals surface area (Å²) < 4.78 is 6.07. The molecule has 0 amide bonds. The molecule has 1 heteroatoms. The van der Waals surface area contributed by atoms with Crippen molar-refractivity contribution in [1.82, 2.24) is 0 Å². The van der Waals surface area contributed by atoms with Crippen molar-refractivity contribution in [3.63, 3.8) is 0 Å². The van der Waals surface area contributed by atoms with Crippen molar-refractivity contribution in [1.29, 1.82) is 0 Å². The highest BCUT2D eigenvalue weighted by atomic mass is 16.5. The van der Waals surface area contributed by atoms with Crippen LogP contribution < -0.4 is 4.74 Å². The van der Waals surface area contributed by atoms with Gasteiger partial charge in [0, 0.05) is 11.1 Å². The van der Waals surface area contributed by atoms with Crippen LogP contribution in [0.3, 0.4) is 0 Å². The molecule has 0 unspecified atom stereocenters. The molecule has 0 heterocycles. The fourth-order valence-electron chi connectivity index (χ4n) is 4.52. The molecule has 0 saturated carbocycles. The summed E-state index contributed by atoms with van der Waals surface area (Å²) in [6.45, 7) is 18.2. The molecule has 0 bridgehead atoms. The van der Waals surface area contributed by atoms with Crippen molar-refractivity contribution < 1.29 is 4.74 Å². The van der Waals surface area contributed by atoms with Gasteiger partial charge in [0.1, 0.15) is 5.75 Å². The maximum Gasteiger partial charge on any atom is 0.131 e. The van der Waals surface area contributed by atoms with E-state index in [1.54, 1.807) is 0 Å². The van der Waals surface area contributed by atoms with Crippen LogP contribution in [0.25, 0.3) is 17.2 Å². The minimum atomic E-state index is 0.0285. The predicted octanol–water partition coefficient (Wildman–Crippen LogP) is 7.65. The van der Waals surface area contributed by atoms with E-state index in [4.69, 9.17) is 4.74 Å². The number of hydrogen-bond acceptors (Lipinski definition) is 1. The molecule has 2 aromatic rings. The third-order valence-electron chi connectivity index (χ3n) is 5.45. The number of hydrogen-bond donors (Lipinski definition) is 0. The summed E-state index contributed by atoms with van der Waals surface area (Å²) in [6.07, 6.45) is 4.61. The first-order valence-corrected chi connectivity index (χ1v) is 10.4. The first-order chi connectivity index (χ1) is 12.9. The van der Waals surface area contributed by atoms with Crippen LogP contribution in [0.2, 0.25) is 0 Å². The maximum absolute atomic E-state index is 6.07. The third-order valence-corrected chi connectivity index (χ3v) is 5.45. The Morgan fingerprint density at radius 3 is 2.00 bits per heavy atom. The minimum Gasteiger partial charge on any atom is -0.496 e. The minimum absolute atomic E-state index is 0.0285. The van der Waals surface area contributed by atoms with Gasteiger partial charge in [-0.25, -0.2) is 0 Å². The Morgan fingerprint density at radius 1 is 0.893 bits per heavy atom. The van der Waals surface area contributed by atoms with Crippen LogP contribution in [0.15, 0.2) is 29.8 Å². The Kier molecular flexibility index (Phi) is 5.25. The molecule has 0 radical (unpaired) electrons. The lowest BCUT2D eigenvalue weighted by Crippen LogP contribution is -2.14. The second kappa shape index (κ2) is 7.10. The Balaban J connectivity index is 2.30. The Morgan fingerprint density at radius 2 is 1.50 bits per heavy atom. The zero-order valence-electron chi connectivity index (χ0n) is 19.2. The number of methoxy groups -OCH3 is 1. The normalized spacial score (nSPS) is 14.1. The fraction of sp³-hybridized carbons (Fsp3) is 0.481. The highest BCUT2D eigenvalue weighted by Crippen LogP contribution is 2.47. The van der Waals surface area contributed by atoms with E-state index in [1.807, 2.05) is 7.11 Å². The van der Waals surface area contributed by atoms with Gasteiger partial charge in [0.25, 0.3) is 0 Å². The van der Waals surface area contributed by atoms with Gasteiger partial charge in [-0.15, -0.1) is 0 Å². The molecule has 3 rings (SSSR count). The lowest BCUT2D eigenvalue weighted by Gasteiger charge is -2.26. The predicted molar refractivity (Wildman–Crippen MR) is 122 cm³/mol. The summed E-state index contributed by atoms with van der Waals surface area (Å²) in [5.41, 5.74) is 11.1. The molecule has 0 atom stereocenters. The molecular formula is C27H36O. The van der Waals surface area contributed by atoms with E-state index in [0.29, 0.717) is 5.41 Å². The molecule has 0 aliphatic heterocycles. The van der Waals surface area contributed by atoms with Crippen LogP contribution in [-0.2, 0) is 11.8 Å². The van der Waals surface area contributed by atoms with Crippen molar-refractivity contribution >= 4 is 6.08 Å². The first-order valence-electron chi connectivity index (χ1n) is 10.4. The highest BCUT2D eigenvalue weighted by Gasteiger charge is 2.29. The average Bonchev–Trinajstić information content (AvgIpc) is 2.90. The molecule has 1 aliphatic carbocycles. The van der Waals surface area contributed by atoms with E-state index in [2.05, 4.69) is 85.7 Å². The van der Waals surface area contributed by atoms with E-state index >= 15 is 0 Å². The summed E-state index contributed by atoms with van der Waals surface area (Å²) in [6, 6.07) is 9.23. The Hall–Kier alpha value is -2.02. The smallest absolute Gasteiger partial charge is 0.131 e. The second-order valence-corrected chi connectivity index (χ2v) is 10.7. The van der Waals surface area contributed by atoms with Gasteiger partial charge in [0.15, 0.2) is 0 Å². The van der Waals surface area contributed by atoms with Crippen LogP contribution in [0.1, 0.15) is 75.8 Å². The molecule has 0 saturated heterocycles. The Labute approximate surface area is 171 Å². The van der Waals surface area contributed by atoms with Crippen LogP contribution >= 0.6 is 0 Å². The van der Waals surface area contributed by atoms with Crippen LogP contribution in [0.5, 0.6) is 5.75 Å². The van der Waals surface area contributed by atoms with E-state index in [-0.39, 0.29) is 5.41 Å². The van der Waals surface area contributed by atoms with Gasteiger partial charge in [0.05, 0.1) is 7.11 Å². The topological polar surface area (TPSA) is 9.23 Å². The first kappa shape index (κ1) is 20.7. The van der Waals surface area contributed by atoms with E-state index in [1.165, 1.54) is 44.5 Å². The zero-order chi connectivity index (χ0) is 20.9. The van der Waals surface area contributed by atoms with Crippen LogP contribution in [-0.4, -0.2) is 7.11 Å². The summed E-state index contributed by atoms with van der Waals surface area (Å²) >= 11 is 0. The number of ether oxygens (including phenoxy) is 1. The largest absolute Gasteiger partial charge is 0.496 e. The molecule has 150 valence electrons. The van der Waals surface area contributed by atoms with Crippen LogP contribution in [0.4, 0.5) is 0 Å². The van der Waals surface area contributed by atoms with Gasteiger partial charge in [-0.05, 0) is 54.2 Å². The van der Waals surface area contributed by atoms with Gasteiger partial charge >= 0.3 is 0 Å². The number of benzene rings is 2. The number of fused-ring (bicyclic) bond motifs is 1. The molecule has 0 aromatic heterocycles. The second-order valence-electron chi connectivity index (χ2n) is 10.7. The lowest BCUT2D eigenvalue weighted by atomic mass is 9.81.